The van der Waals surface area contributed by atoms with E-state index >= 15 is 0 Å². The fourth-order valence-corrected chi connectivity index (χ4v) is 2.97. The highest BCUT2D eigenvalue weighted by atomic mass is 16.5. The second kappa shape index (κ2) is 9.69. The second-order valence-corrected chi connectivity index (χ2v) is 7.05. The van der Waals surface area contributed by atoms with Crippen molar-refractivity contribution in [1.82, 2.24) is 19.6 Å². The Morgan fingerprint density at radius 3 is 2.06 bits per heavy atom. The van der Waals surface area contributed by atoms with Crippen molar-refractivity contribution in [1.29, 1.82) is 0 Å². The minimum atomic E-state index is -0.383. The van der Waals surface area contributed by atoms with Crippen LogP contribution in [0.15, 0.2) is 73.1 Å². The van der Waals surface area contributed by atoms with E-state index in [4.69, 9.17) is 9.47 Å². The minimum absolute atomic E-state index is 0.147. The molecule has 0 saturated carbocycles. The van der Waals surface area contributed by atoms with Crippen LogP contribution in [0.2, 0.25) is 0 Å². The number of carbonyl (C=O) groups excluding carboxylic acids is 2. The predicted molar refractivity (Wildman–Crippen MR) is 121 cm³/mol. The van der Waals surface area contributed by atoms with E-state index in [2.05, 4.69) is 20.8 Å². The molecule has 0 aliphatic heterocycles. The monoisotopic (exact) mass is 446 g/mol. The quantitative estimate of drug-likeness (QED) is 0.430. The van der Waals surface area contributed by atoms with E-state index in [0.717, 1.165) is 5.75 Å². The van der Waals surface area contributed by atoms with Gasteiger partial charge < -0.3 is 20.1 Å². The molecule has 33 heavy (non-hydrogen) atoms. The van der Waals surface area contributed by atoms with Gasteiger partial charge in [-0.05, 0) is 54.6 Å². The van der Waals surface area contributed by atoms with Crippen LogP contribution in [0.4, 0.5) is 11.4 Å². The first-order valence-corrected chi connectivity index (χ1v) is 10.0. The lowest BCUT2D eigenvalue weighted by atomic mass is 10.2. The summed E-state index contributed by atoms with van der Waals surface area (Å²) in [5.41, 5.74) is 1.58. The molecule has 0 fully saturated rings. The first kappa shape index (κ1) is 21.6. The van der Waals surface area contributed by atoms with Crippen LogP contribution in [0.5, 0.6) is 11.5 Å². The fourth-order valence-electron chi connectivity index (χ4n) is 2.97. The standard InChI is InChI=1S/C23H22N6O4/c1-28-12-10-20(26-28)22(30)24-16-4-3-5-17(14-16)25-23(31)21-11-13-29(27-21)15-33-19-8-6-18(32-2)7-9-19/h3-14H,15H2,1-2H3,(H,24,30)(H,25,31). The molecule has 2 amide bonds. The third-order valence-electron chi connectivity index (χ3n) is 4.62. The number of hydrogen-bond acceptors (Lipinski definition) is 6. The number of nitrogens with zero attached hydrogens (tertiary/aromatic N) is 4. The zero-order chi connectivity index (χ0) is 23.2. The number of hydrogen-bond donors (Lipinski definition) is 2. The summed E-state index contributed by atoms with van der Waals surface area (Å²) in [6.45, 7) is 0.147. The molecule has 2 aromatic heterocycles. The van der Waals surface area contributed by atoms with Crippen LogP contribution >= 0.6 is 0 Å². The number of aryl methyl sites for hydroxylation is 1. The molecule has 0 saturated heterocycles. The van der Waals surface area contributed by atoms with Gasteiger partial charge in [-0.2, -0.15) is 10.2 Å². The maximum atomic E-state index is 12.6. The summed E-state index contributed by atoms with van der Waals surface area (Å²) in [7, 11) is 3.33. The van der Waals surface area contributed by atoms with E-state index < -0.39 is 0 Å². The van der Waals surface area contributed by atoms with Gasteiger partial charge in [-0.1, -0.05) is 6.07 Å². The summed E-state index contributed by atoms with van der Waals surface area (Å²) >= 11 is 0. The maximum Gasteiger partial charge on any atom is 0.276 e. The summed E-state index contributed by atoms with van der Waals surface area (Å²) in [6.07, 6.45) is 3.34. The SMILES string of the molecule is COc1ccc(OCn2ccc(C(=O)Nc3cccc(NC(=O)c4ccn(C)n4)c3)n2)cc1. The number of nitrogens with one attached hydrogen (secondary N) is 2. The average molecular weight is 446 g/mol. The molecule has 0 aliphatic rings. The predicted octanol–water partition coefficient (Wildman–Crippen LogP) is 3.17. The fraction of sp³-hybridized carbons (Fsp3) is 0.130. The highest BCUT2D eigenvalue weighted by Gasteiger charge is 2.12. The summed E-state index contributed by atoms with van der Waals surface area (Å²) in [5, 5.41) is 13.8. The lowest BCUT2D eigenvalue weighted by Crippen LogP contribution is -2.15. The summed E-state index contributed by atoms with van der Waals surface area (Å²) in [6, 6.07) is 17.2. The molecule has 0 unspecified atom stereocenters. The van der Waals surface area contributed by atoms with Gasteiger partial charge in [-0.15, -0.1) is 0 Å². The van der Waals surface area contributed by atoms with Crippen LogP contribution in [-0.4, -0.2) is 38.5 Å². The van der Waals surface area contributed by atoms with E-state index in [-0.39, 0.29) is 24.2 Å². The highest BCUT2D eigenvalue weighted by molar-refractivity contribution is 6.05. The number of aromatic nitrogens is 4. The Morgan fingerprint density at radius 2 is 1.45 bits per heavy atom. The Morgan fingerprint density at radius 1 is 0.848 bits per heavy atom. The van der Waals surface area contributed by atoms with Crippen molar-refractivity contribution in [3.63, 3.8) is 0 Å². The molecule has 2 heterocycles. The van der Waals surface area contributed by atoms with Crippen molar-refractivity contribution in [3.05, 3.63) is 84.4 Å². The number of anilines is 2. The van der Waals surface area contributed by atoms with Gasteiger partial charge in [0.05, 0.1) is 7.11 Å². The topological polar surface area (TPSA) is 112 Å². The maximum absolute atomic E-state index is 12.6. The zero-order valence-corrected chi connectivity index (χ0v) is 18.1. The molecule has 0 radical (unpaired) electrons. The molecule has 10 heteroatoms. The molecule has 4 rings (SSSR count). The number of rotatable bonds is 8. The molecule has 10 nitrogen and oxygen atoms in total. The number of amides is 2. The third-order valence-corrected chi connectivity index (χ3v) is 4.62. The molecule has 0 atom stereocenters. The molecular formula is C23H22N6O4. The van der Waals surface area contributed by atoms with E-state index in [0.29, 0.717) is 22.8 Å². The van der Waals surface area contributed by atoms with Crippen LogP contribution in [-0.2, 0) is 13.8 Å². The Kier molecular flexibility index (Phi) is 6.35. The Labute approximate surface area is 189 Å². The molecule has 0 bridgehead atoms. The van der Waals surface area contributed by atoms with E-state index in [1.54, 1.807) is 91.9 Å². The summed E-state index contributed by atoms with van der Waals surface area (Å²) < 4.78 is 13.8. The van der Waals surface area contributed by atoms with Gasteiger partial charge in [0.25, 0.3) is 11.8 Å². The van der Waals surface area contributed by atoms with Gasteiger partial charge in [0, 0.05) is 30.8 Å². The summed E-state index contributed by atoms with van der Waals surface area (Å²) in [4.78, 5) is 24.9. The smallest absolute Gasteiger partial charge is 0.276 e. The van der Waals surface area contributed by atoms with Crippen LogP contribution in [0.1, 0.15) is 21.0 Å². The van der Waals surface area contributed by atoms with Crippen molar-refractivity contribution in [3.8, 4) is 11.5 Å². The zero-order valence-electron chi connectivity index (χ0n) is 18.1. The number of benzene rings is 2. The van der Waals surface area contributed by atoms with Gasteiger partial charge in [-0.3, -0.25) is 14.3 Å². The second-order valence-electron chi connectivity index (χ2n) is 7.05. The largest absolute Gasteiger partial charge is 0.497 e. The van der Waals surface area contributed by atoms with Crippen LogP contribution < -0.4 is 20.1 Å². The molecule has 4 aromatic rings. The number of ether oxygens (including phenoxy) is 2. The summed E-state index contributed by atoms with van der Waals surface area (Å²) in [5.74, 6) is 0.670. The van der Waals surface area contributed by atoms with Crippen LogP contribution in [0.25, 0.3) is 0 Å². The Balaban J connectivity index is 1.34. The van der Waals surface area contributed by atoms with Crippen molar-refractivity contribution in [2.24, 2.45) is 7.05 Å². The van der Waals surface area contributed by atoms with Gasteiger partial charge in [0.15, 0.2) is 18.1 Å². The van der Waals surface area contributed by atoms with E-state index in [9.17, 15) is 9.59 Å². The number of methoxy groups -OCH3 is 1. The lowest BCUT2D eigenvalue weighted by Gasteiger charge is -2.08. The van der Waals surface area contributed by atoms with E-state index in [1.807, 2.05) is 0 Å². The molecule has 168 valence electrons. The van der Waals surface area contributed by atoms with Crippen LogP contribution in [0.3, 0.4) is 0 Å². The van der Waals surface area contributed by atoms with Gasteiger partial charge >= 0.3 is 0 Å². The molecule has 2 aromatic carbocycles. The van der Waals surface area contributed by atoms with Gasteiger partial charge in [0.2, 0.25) is 0 Å². The van der Waals surface area contributed by atoms with Crippen molar-refractivity contribution < 1.29 is 19.1 Å². The highest BCUT2D eigenvalue weighted by Crippen LogP contribution is 2.18. The number of carbonyl (C=O) groups is 2. The van der Waals surface area contributed by atoms with Crippen molar-refractivity contribution in [2.45, 2.75) is 6.73 Å². The molecular weight excluding hydrogens is 424 g/mol. The third kappa shape index (κ3) is 5.56. The van der Waals surface area contributed by atoms with E-state index in [1.165, 1.54) is 4.68 Å². The average Bonchev–Trinajstić information content (AvgIpc) is 3.47. The molecule has 0 aliphatic carbocycles. The first-order valence-electron chi connectivity index (χ1n) is 10.0. The Hall–Kier alpha value is -4.60. The lowest BCUT2D eigenvalue weighted by molar-refractivity contribution is 0.101. The Bertz CT molecular complexity index is 1260. The van der Waals surface area contributed by atoms with Crippen molar-refractivity contribution >= 4 is 23.2 Å². The van der Waals surface area contributed by atoms with Crippen molar-refractivity contribution in [2.75, 3.05) is 17.7 Å². The van der Waals surface area contributed by atoms with Gasteiger partial charge in [0.1, 0.15) is 11.5 Å². The minimum Gasteiger partial charge on any atom is -0.497 e. The first-order chi connectivity index (χ1) is 16.0. The molecule has 2 N–H and O–H groups in total. The van der Waals surface area contributed by atoms with Crippen LogP contribution in [0, 0.1) is 0 Å². The van der Waals surface area contributed by atoms with Gasteiger partial charge in [-0.25, -0.2) is 4.68 Å². The normalized spacial score (nSPS) is 10.5. The molecule has 0 spiro atoms.